The van der Waals surface area contributed by atoms with Crippen molar-refractivity contribution in [3.63, 3.8) is 0 Å². The molecule has 0 aromatic heterocycles. The van der Waals surface area contributed by atoms with Crippen LogP contribution in [0.4, 0.5) is 5.69 Å². The van der Waals surface area contributed by atoms with E-state index in [0.29, 0.717) is 12.8 Å². The van der Waals surface area contributed by atoms with Gasteiger partial charge in [0.2, 0.25) is 5.91 Å². The standard InChI is InChI=1S/C19H27NO3/c1-12-7-8-13(2)14(11-12)20-15(21)18(5)9-10-19(6,16(22)23)17(18,3)4/h7-8,11H,9-10H2,1-6H3,(H,20,21)(H,22,23). The Bertz CT molecular complexity index is 665. The van der Waals surface area contributed by atoms with E-state index in [4.69, 9.17) is 0 Å². The van der Waals surface area contributed by atoms with Gasteiger partial charge >= 0.3 is 5.97 Å². The second kappa shape index (κ2) is 5.36. The summed E-state index contributed by atoms with van der Waals surface area (Å²) in [5.41, 5.74) is 0.613. The maximum absolute atomic E-state index is 13.0. The third-order valence-corrected chi connectivity index (χ3v) is 6.50. The van der Waals surface area contributed by atoms with E-state index in [1.165, 1.54) is 0 Å². The molecule has 0 heterocycles. The minimum absolute atomic E-state index is 0.0961. The molecular weight excluding hydrogens is 290 g/mol. The van der Waals surface area contributed by atoms with Crippen molar-refractivity contribution < 1.29 is 14.7 Å². The fourth-order valence-corrected chi connectivity index (χ4v) is 3.64. The first-order valence-corrected chi connectivity index (χ1v) is 8.08. The molecule has 0 aliphatic heterocycles. The first-order valence-electron chi connectivity index (χ1n) is 8.08. The molecule has 1 fully saturated rings. The topological polar surface area (TPSA) is 66.4 Å². The van der Waals surface area contributed by atoms with E-state index in [9.17, 15) is 14.7 Å². The van der Waals surface area contributed by atoms with Crippen molar-refractivity contribution in [2.24, 2.45) is 16.2 Å². The molecule has 1 aromatic rings. The quantitative estimate of drug-likeness (QED) is 0.879. The zero-order valence-electron chi connectivity index (χ0n) is 14.9. The Morgan fingerprint density at radius 2 is 1.61 bits per heavy atom. The highest BCUT2D eigenvalue weighted by Gasteiger charge is 2.64. The molecule has 2 atom stereocenters. The molecule has 4 nitrogen and oxygen atoms in total. The summed E-state index contributed by atoms with van der Waals surface area (Å²) in [7, 11) is 0. The molecule has 1 aliphatic carbocycles. The number of hydrogen-bond donors (Lipinski definition) is 2. The van der Waals surface area contributed by atoms with Crippen LogP contribution in [0.5, 0.6) is 0 Å². The fraction of sp³-hybridized carbons (Fsp3) is 0.579. The number of amides is 1. The molecule has 2 rings (SSSR count). The number of carbonyl (C=O) groups excluding carboxylic acids is 1. The average Bonchev–Trinajstić information content (AvgIpc) is 2.65. The zero-order chi connectivity index (χ0) is 17.6. The van der Waals surface area contributed by atoms with E-state index >= 15 is 0 Å². The molecule has 1 amide bonds. The summed E-state index contributed by atoms with van der Waals surface area (Å²) in [5.74, 6) is -0.924. The highest BCUT2D eigenvalue weighted by atomic mass is 16.4. The molecule has 23 heavy (non-hydrogen) atoms. The van der Waals surface area contributed by atoms with E-state index in [-0.39, 0.29) is 5.91 Å². The van der Waals surface area contributed by atoms with E-state index in [0.717, 1.165) is 16.8 Å². The summed E-state index contributed by atoms with van der Waals surface area (Å²) in [6, 6.07) is 5.94. The normalized spacial score (nSPS) is 29.3. The summed E-state index contributed by atoms with van der Waals surface area (Å²) in [4.78, 5) is 24.8. The van der Waals surface area contributed by atoms with Crippen LogP contribution in [-0.4, -0.2) is 17.0 Å². The van der Waals surface area contributed by atoms with Gasteiger partial charge in [-0.2, -0.15) is 0 Å². The number of nitrogens with one attached hydrogen (secondary N) is 1. The highest BCUT2D eigenvalue weighted by Crippen LogP contribution is 2.63. The summed E-state index contributed by atoms with van der Waals surface area (Å²) >= 11 is 0. The first-order chi connectivity index (χ1) is 10.5. The lowest BCUT2D eigenvalue weighted by Crippen LogP contribution is -2.49. The fourth-order valence-electron chi connectivity index (χ4n) is 3.64. The number of aryl methyl sites for hydroxylation is 2. The van der Waals surface area contributed by atoms with Gasteiger partial charge < -0.3 is 10.4 Å². The second-order valence-corrected chi connectivity index (χ2v) is 7.87. The number of carboxylic acid groups (broad SMARTS) is 1. The van der Waals surface area contributed by atoms with Crippen LogP contribution in [0, 0.1) is 30.1 Å². The lowest BCUT2D eigenvalue weighted by molar-refractivity contribution is -0.157. The van der Waals surface area contributed by atoms with E-state index < -0.39 is 22.2 Å². The number of hydrogen-bond acceptors (Lipinski definition) is 2. The molecule has 1 aromatic carbocycles. The maximum atomic E-state index is 13.0. The number of benzene rings is 1. The SMILES string of the molecule is Cc1ccc(C)c(NC(=O)C2(C)CCC(C)(C(=O)O)C2(C)C)c1. The minimum atomic E-state index is -0.902. The van der Waals surface area contributed by atoms with Crippen molar-refractivity contribution in [1.82, 2.24) is 0 Å². The van der Waals surface area contributed by atoms with Gasteiger partial charge in [0.25, 0.3) is 0 Å². The van der Waals surface area contributed by atoms with Gasteiger partial charge in [0.1, 0.15) is 0 Å². The summed E-state index contributed by atoms with van der Waals surface area (Å²) in [5, 5.41) is 12.7. The van der Waals surface area contributed by atoms with Crippen LogP contribution in [0.25, 0.3) is 0 Å². The predicted octanol–water partition coefficient (Wildman–Crippen LogP) is 4.16. The largest absolute Gasteiger partial charge is 0.481 e. The number of anilines is 1. The van der Waals surface area contributed by atoms with Crippen molar-refractivity contribution in [2.45, 2.75) is 54.4 Å². The van der Waals surface area contributed by atoms with Crippen molar-refractivity contribution >= 4 is 17.6 Å². The summed E-state index contributed by atoms with van der Waals surface area (Å²) in [6.45, 7) is 11.4. The van der Waals surface area contributed by atoms with E-state index in [1.54, 1.807) is 6.92 Å². The van der Waals surface area contributed by atoms with Gasteiger partial charge in [-0.15, -0.1) is 0 Å². The van der Waals surface area contributed by atoms with Crippen LogP contribution < -0.4 is 5.32 Å². The predicted molar refractivity (Wildman–Crippen MR) is 91.4 cm³/mol. The van der Waals surface area contributed by atoms with Crippen molar-refractivity contribution in [2.75, 3.05) is 5.32 Å². The Kier molecular flexibility index (Phi) is 4.08. The molecule has 2 N–H and O–H groups in total. The van der Waals surface area contributed by atoms with Gasteiger partial charge in [0.05, 0.1) is 10.8 Å². The Balaban J connectivity index is 2.35. The van der Waals surface area contributed by atoms with Gasteiger partial charge in [0.15, 0.2) is 0 Å². The van der Waals surface area contributed by atoms with Crippen LogP contribution in [0.15, 0.2) is 18.2 Å². The Morgan fingerprint density at radius 3 is 2.13 bits per heavy atom. The number of carboxylic acids is 1. The number of rotatable bonds is 3. The molecule has 0 saturated heterocycles. The van der Waals surface area contributed by atoms with Crippen LogP contribution in [-0.2, 0) is 9.59 Å². The lowest BCUT2D eigenvalue weighted by atomic mass is 9.59. The van der Waals surface area contributed by atoms with Crippen molar-refractivity contribution in [1.29, 1.82) is 0 Å². The number of carbonyl (C=O) groups is 2. The molecule has 1 aliphatic rings. The molecule has 2 unspecified atom stereocenters. The van der Waals surface area contributed by atoms with Gasteiger partial charge in [0, 0.05) is 5.69 Å². The Morgan fingerprint density at radius 1 is 1.04 bits per heavy atom. The second-order valence-electron chi connectivity index (χ2n) is 7.87. The Hall–Kier alpha value is -1.84. The molecule has 4 heteroatoms. The molecule has 126 valence electrons. The zero-order valence-corrected chi connectivity index (χ0v) is 14.9. The highest BCUT2D eigenvalue weighted by molar-refractivity contribution is 5.97. The third kappa shape index (κ3) is 2.44. The molecule has 1 saturated carbocycles. The average molecular weight is 317 g/mol. The van der Waals surface area contributed by atoms with Gasteiger partial charge in [-0.1, -0.05) is 32.9 Å². The lowest BCUT2D eigenvalue weighted by Gasteiger charge is -2.44. The van der Waals surface area contributed by atoms with E-state index in [1.807, 2.05) is 52.8 Å². The van der Waals surface area contributed by atoms with Gasteiger partial charge in [-0.3, -0.25) is 9.59 Å². The molecule has 0 radical (unpaired) electrons. The monoisotopic (exact) mass is 317 g/mol. The smallest absolute Gasteiger partial charge is 0.309 e. The summed E-state index contributed by atoms with van der Waals surface area (Å²) < 4.78 is 0. The third-order valence-electron chi connectivity index (χ3n) is 6.50. The minimum Gasteiger partial charge on any atom is -0.481 e. The summed E-state index contributed by atoms with van der Waals surface area (Å²) in [6.07, 6.45) is 1.07. The first kappa shape index (κ1) is 17.5. The van der Waals surface area contributed by atoms with Crippen LogP contribution in [0.2, 0.25) is 0 Å². The van der Waals surface area contributed by atoms with Gasteiger partial charge in [-0.25, -0.2) is 0 Å². The van der Waals surface area contributed by atoms with Crippen molar-refractivity contribution in [3.05, 3.63) is 29.3 Å². The maximum Gasteiger partial charge on any atom is 0.309 e. The molecule has 0 bridgehead atoms. The Labute approximate surface area is 138 Å². The van der Waals surface area contributed by atoms with Gasteiger partial charge in [-0.05, 0) is 56.2 Å². The van der Waals surface area contributed by atoms with Crippen molar-refractivity contribution in [3.8, 4) is 0 Å². The molecular formula is C19H27NO3. The van der Waals surface area contributed by atoms with Crippen LogP contribution >= 0.6 is 0 Å². The van der Waals surface area contributed by atoms with Crippen LogP contribution in [0.1, 0.15) is 51.7 Å². The number of aliphatic carboxylic acids is 1. The van der Waals surface area contributed by atoms with E-state index in [2.05, 4.69) is 5.32 Å². The van der Waals surface area contributed by atoms with Crippen LogP contribution in [0.3, 0.4) is 0 Å². The molecule has 0 spiro atoms.